The van der Waals surface area contributed by atoms with E-state index in [1.165, 1.54) is 0 Å². The van der Waals surface area contributed by atoms with E-state index in [1.807, 2.05) is 73.7 Å². The van der Waals surface area contributed by atoms with Gasteiger partial charge in [0.25, 0.3) is 5.91 Å². The van der Waals surface area contributed by atoms with E-state index < -0.39 is 6.04 Å². The Hall–Kier alpha value is -4.10. The number of hydrogen-bond acceptors (Lipinski definition) is 5. The highest BCUT2D eigenvalue weighted by atomic mass is 35.5. The molecule has 7 nitrogen and oxygen atoms in total. The van der Waals surface area contributed by atoms with Gasteiger partial charge < -0.3 is 15.4 Å². The van der Waals surface area contributed by atoms with Crippen molar-refractivity contribution in [3.63, 3.8) is 0 Å². The van der Waals surface area contributed by atoms with Crippen LogP contribution in [0.2, 0.25) is 5.02 Å². The van der Waals surface area contributed by atoms with Gasteiger partial charge in [-0.1, -0.05) is 54.1 Å². The van der Waals surface area contributed by atoms with Crippen molar-refractivity contribution in [2.24, 2.45) is 0 Å². The van der Waals surface area contributed by atoms with Gasteiger partial charge in [-0.2, -0.15) is 4.98 Å². The third kappa shape index (κ3) is 4.02. The van der Waals surface area contributed by atoms with E-state index in [0.29, 0.717) is 39.5 Å². The summed E-state index contributed by atoms with van der Waals surface area (Å²) in [6.07, 6.45) is 0. The molecule has 2 N–H and O–H groups in total. The van der Waals surface area contributed by atoms with E-state index >= 15 is 0 Å². The maximum Gasteiger partial charge on any atom is 0.255 e. The first-order valence-electron chi connectivity index (χ1n) is 10.7. The van der Waals surface area contributed by atoms with Gasteiger partial charge in [-0.15, -0.1) is 5.10 Å². The number of para-hydroxylation sites is 2. The summed E-state index contributed by atoms with van der Waals surface area (Å²) in [6.45, 7) is 1.86. The normalized spacial score (nSPS) is 14.9. The zero-order valence-electron chi connectivity index (χ0n) is 18.6. The lowest BCUT2D eigenvalue weighted by molar-refractivity contribution is -0.113. The van der Waals surface area contributed by atoms with Crippen LogP contribution in [0.3, 0.4) is 0 Å². The molecule has 8 heteroatoms. The maximum atomic E-state index is 13.5. The lowest BCUT2D eigenvalue weighted by atomic mass is 9.95. The molecule has 0 saturated carbocycles. The molecule has 0 fully saturated rings. The Morgan fingerprint density at radius 1 is 1.03 bits per heavy atom. The van der Waals surface area contributed by atoms with Crippen LogP contribution >= 0.6 is 11.6 Å². The summed E-state index contributed by atoms with van der Waals surface area (Å²) in [5.41, 5.74) is 3.56. The minimum atomic E-state index is -0.506. The molecule has 0 aliphatic carbocycles. The number of nitrogens with one attached hydrogen (secondary N) is 2. The first kappa shape index (κ1) is 21.7. The van der Waals surface area contributed by atoms with Gasteiger partial charge >= 0.3 is 0 Å². The molecule has 170 valence electrons. The van der Waals surface area contributed by atoms with Crippen molar-refractivity contribution in [1.29, 1.82) is 0 Å². The van der Waals surface area contributed by atoms with Crippen LogP contribution in [0.25, 0.3) is 11.4 Å². The van der Waals surface area contributed by atoms with Crippen molar-refractivity contribution in [2.75, 3.05) is 17.7 Å². The number of carbonyl (C=O) groups is 1. The van der Waals surface area contributed by atoms with Gasteiger partial charge in [0.15, 0.2) is 5.82 Å². The number of ether oxygens (including phenoxy) is 1. The number of benzene rings is 3. The van der Waals surface area contributed by atoms with Crippen LogP contribution < -0.4 is 15.4 Å². The van der Waals surface area contributed by atoms with Crippen LogP contribution in [0.4, 0.5) is 11.6 Å². The standard InChI is InChI=1S/C26H22ClN5O2/c1-16-22(25(33)29-19-8-4-3-5-9-19)23(17-12-14-18(27)15-13-17)32-26(28-16)30-24(31-32)20-10-6-7-11-21(20)34-2/h3-15,23H,1-2H3,(H,29,33)(H,28,30,31). The second-order valence-electron chi connectivity index (χ2n) is 7.84. The fraction of sp³-hybridized carbons (Fsp3) is 0.115. The number of halogens is 1. The molecule has 1 atom stereocenters. The monoisotopic (exact) mass is 471 g/mol. The molecular formula is C26H22ClN5O2. The average molecular weight is 472 g/mol. The van der Waals surface area contributed by atoms with Gasteiger partial charge in [0.05, 0.1) is 18.2 Å². The second kappa shape index (κ2) is 9.03. The lowest BCUT2D eigenvalue weighted by Crippen LogP contribution is -2.31. The van der Waals surface area contributed by atoms with E-state index in [0.717, 1.165) is 11.1 Å². The second-order valence-corrected chi connectivity index (χ2v) is 8.28. The Morgan fingerprint density at radius 2 is 1.74 bits per heavy atom. The van der Waals surface area contributed by atoms with E-state index in [9.17, 15) is 4.79 Å². The Bertz CT molecular complexity index is 1380. The quantitative estimate of drug-likeness (QED) is 0.399. The maximum absolute atomic E-state index is 13.5. The number of aromatic nitrogens is 3. The van der Waals surface area contributed by atoms with Crippen LogP contribution in [0.5, 0.6) is 5.75 Å². The fourth-order valence-corrected chi connectivity index (χ4v) is 4.19. The number of amides is 1. The number of carbonyl (C=O) groups excluding carboxylic acids is 1. The number of nitrogens with zero attached hydrogens (tertiary/aromatic N) is 3. The molecule has 0 bridgehead atoms. The van der Waals surface area contributed by atoms with E-state index in [4.69, 9.17) is 26.4 Å². The number of methoxy groups -OCH3 is 1. The Kier molecular flexibility index (Phi) is 5.77. The van der Waals surface area contributed by atoms with Gasteiger partial charge in [0.1, 0.15) is 11.8 Å². The first-order chi connectivity index (χ1) is 16.5. The van der Waals surface area contributed by atoms with Gasteiger partial charge in [-0.05, 0) is 48.9 Å². The Labute approximate surface area is 202 Å². The number of rotatable bonds is 5. The molecule has 5 rings (SSSR count). The molecule has 1 aliphatic heterocycles. The molecule has 1 aromatic heterocycles. The van der Waals surface area contributed by atoms with Crippen molar-refractivity contribution in [1.82, 2.24) is 14.8 Å². The first-order valence-corrected chi connectivity index (χ1v) is 11.1. The van der Waals surface area contributed by atoms with Crippen molar-refractivity contribution in [3.05, 3.63) is 101 Å². The molecule has 4 aromatic rings. The summed E-state index contributed by atoms with van der Waals surface area (Å²) in [4.78, 5) is 18.2. The van der Waals surface area contributed by atoms with Gasteiger partial charge in [0, 0.05) is 16.4 Å². The molecule has 1 unspecified atom stereocenters. The van der Waals surface area contributed by atoms with Gasteiger partial charge in [-0.3, -0.25) is 4.79 Å². The fourth-order valence-electron chi connectivity index (χ4n) is 4.06. The minimum Gasteiger partial charge on any atom is -0.496 e. The van der Waals surface area contributed by atoms with Crippen molar-refractivity contribution in [2.45, 2.75) is 13.0 Å². The summed E-state index contributed by atoms with van der Waals surface area (Å²) in [6, 6.07) is 23.8. The predicted octanol–water partition coefficient (Wildman–Crippen LogP) is 5.53. The zero-order chi connectivity index (χ0) is 23.7. The SMILES string of the molecule is COc1ccccc1-c1nc2n(n1)C(c1ccc(Cl)cc1)C(C(=O)Nc1ccccc1)=C(C)N2. The summed E-state index contributed by atoms with van der Waals surface area (Å²) >= 11 is 6.15. The van der Waals surface area contributed by atoms with Crippen molar-refractivity contribution < 1.29 is 9.53 Å². The van der Waals surface area contributed by atoms with Crippen LogP contribution in [-0.4, -0.2) is 27.8 Å². The Morgan fingerprint density at radius 3 is 2.47 bits per heavy atom. The number of fused-ring (bicyclic) bond motifs is 1. The number of anilines is 2. The molecule has 3 aromatic carbocycles. The van der Waals surface area contributed by atoms with Crippen molar-refractivity contribution >= 4 is 29.1 Å². The molecule has 0 spiro atoms. The minimum absolute atomic E-state index is 0.226. The third-order valence-corrected chi connectivity index (χ3v) is 5.91. The van der Waals surface area contributed by atoms with Gasteiger partial charge in [-0.25, -0.2) is 4.68 Å². The van der Waals surface area contributed by atoms with Crippen LogP contribution in [-0.2, 0) is 4.79 Å². The van der Waals surface area contributed by atoms with Crippen LogP contribution in [0.1, 0.15) is 18.5 Å². The van der Waals surface area contributed by atoms with E-state index in [2.05, 4.69) is 10.6 Å². The number of hydrogen-bond donors (Lipinski definition) is 2. The molecule has 0 radical (unpaired) electrons. The topological polar surface area (TPSA) is 81.1 Å². The third-order valence-electron chi connectivity index (χ3n) is 5.66. The van der Waals surface area contributed by atoms with E-state index in [-0.39, 0.29) is 5.91 Å². The largest absolute Gasteiger partial charge is 0.496 e. The molecular weight excluding hydrogens is 450 g/mol. The Balaban J connectivity index is 1.62. The molecule has 0 saturated heterocycles. The predicted molar refractivity (Wildman–Crippen MR) is 133 cm³/mol. The molecule has 1 amide bonds. The lowest BCUT2D eigenvalue weighted by Gasteiger charge is -2.28. The van der Waals surface area contributed by atoms with Gasteiger partial charge in [0.2, 0.25) is 5.95 Å². The van der Waals surface area contributed by atoms with Crippen LogP contribution in [0.15, 0.2) is 90.1 Å². The highest BCUT2D eigenvalue weighted by molar-refractivity contribution is 6.30. The summed E-state index contributed by atoms with van der Waals surface area (Å²) in [5, 5.41) is 11.7. The average Bonchev–Trinajstić information content (AvgIpc) is 3.27. The summed E-state index contributed by atoms with van der Waals surface area (Å²) < 4.78 is 7.24. The van der Waals surface area contributed by atoms with E-state index in [1.54, 1.807) is 23.9 Å². The zero-order valence-corrected chi connectivity index (χ0v) is 19.4. The molecule has 2 heterocycles. The summed E-state index contributed by atoms with van der Waals surface area (Å²) in [7, 11) is 1.61. The highest BCUT2D eigenvalue weighted by Gasteiger charge is 2.34. The van der Waals surface area contributed by atoms with Crippen molar-refractivity contribution in [3.8, 4) is 17.1 Å². The summed E-state index contributed by atoms with van der Waals surface area (Å²) in [5.74, 6) is 1.47. The van der Waals surface area contributed by atoms with Crippen LogP contribution in [0, 0.1) is 0 Å². The smallest absolute Gasteiger partial charge is 0.255 e. The highest BCUT2D eigenvalue weighted by Crippen LogP contribution is 2.38. The number of allylic oxidation sites excluding steroid dienone is 1. The molecule has 34 heavy (non-hydrogen) atoms. The molecule has 1 aliphatic rings.